The molecule has 0 spiro atoms. The SMILES string of the molecule is C[C@@H](NC(=O)c1ccc(-c2ccccc2Cl)o1)C1CC1. The molecule has 0 radical (unpaired) electrons. The maximum atomic E-state index is 12.1. The monoisotopic (exact) mass is 289 g/mol. The summed E-state index contributed by atoms with van der Waals surface area (Å²) in [7, 11) is 0. The second-order valence-electron chi connectivity index (χ2n) is 5.24. The van der Waals surface area contributed by atoms with Gasteiger partial charge >= 0.3 is 0 Å². The van der Waals surface area contributed by atoms with Crippen molar-refractivity contribution in [1.29, 1.82) is 0 Å². The molecule has 1 aromatic carbocycles. The van der Waals surface area contributed by atoms with Gasteiger partial charge in [-0.3, -0.25) is 4.79 Å². The Morgan fingerprint density at radius 3 is 2.75 bits per heavy atom. The van der Waals surface area contributed by atoms with Crippen molar-refractivity contribution < 1.29 is 9.21 Å². The first-order valence-corrected chi connectivity index (χ1v) is 7.18. The maximum Gasteiger partial charge on any atom is 0.287 e. The van der Waals surface area contributed by atoms with Crippen molar-refractivity contribution in [1.82, 2.24) is 5.32 Å². The molecule has 1 N–H and O–H groups in total. The van der Waals surface area contributed by atoms with Gasteiger partial charge in [0.25, 0.3) is 5.91 Å². The van der Waals surface area contributed by atoms with E-state index in [0.29, 0.717) is 22.5 Å². The molecule has 1 aliphatic rings. The Balaban J connectivity index is 1.76. The molecule has 1 atom stereocenters. The van der Waals surface area contributed by atoms with E-state index in [1.807, 2.05) is 25.1 Å². The zero-order chi connectivity index (χ0) is 14.1. The Morgan fingerprint density at radius 2 is 2.05 bits per heavy atom. The van der Waals surface area contributed by atoms with Crippen LogP contribution in [-0.4, -0.2) is 11.9 Å². The van der Waals surface area contributed by atoms with E-state index < -0.39 is 0 Å². The fraction of sp³-hybridized carbons (Fsp3) is 0.312. The minimum atomic E-state index is -0.164. The van der Waals surface area contributed by atoms with Gasteiger partial charge < -0.3 is 9.73 Å². The number of halogens is 1. The lowest BCUT2D eigenvalue weighted by atomic mass is 10.2. The summed E-state index contributed by atoms with van der Waals surface area (Å²) in [6.07, 6.45) is 2.40. The van der Waals surface area contributed by atoms with Gasteiger partial charge in [0.1, 0.15) is 5.76 Å². The van der Waals surface area contributed by atoms with Crippen LogP contribution in [-0.2, 0) is 0 Å². The van der Waals surface area contributed by atoms with Crippen LogP contribution in [0.1, 0.15) is 30.3 Å². The van der Waals surface area contributed by atoms with Gasteiger partial charge in [-0.15, -0.1) is 0 Å². The lowest BCUT2D eigenvalue weighted by Crippen LogP contribution is -2.33. The van der Waals surface area contributed by atoms with Crippen LogP contribution in [0.2, 0.25) is 5.02 Å². The molecule has 1 amide bonds. The van der Waals surface area contributed by atoms with E-state index >= 15 is 0 Å². The highest BCUT2D eigenvalue weighted by Crippen LogP contribution is 2.33. The quantitative estimate of drug-likeness (QED) is 0.919. The first kappa shape index (κ1) is 13.3. The molecule has 2 aromatic rings. The van der Waals surface area contributed by atoms with E-state index in [4.69, 9.17) is 16.0 Å². The molecular weight excluding hydrogens is 274 g/mol. The number of benzene rings is 1. The number of rotatable bonds is 4. The van der Waals surface area contributed by atoms with Crippen molar-refractivity contribution in [2.75, 3.05) is 0 Å². The Bertz CT molecular complexity index is 631. The third-order valence-corrected chi connectivity index (χ3v) is 3.99. The minimum absolute atomic E-state index is 0.164. The molecule has 0 saturated heterocycles. The molecule has 3 nitrogen and oxygen atoms in total. The van der Waals surface area contributed by atoms with Crippen molar-refractivity contribution in [3.63, 3.8) is 0 Å². The van der Waals surface area contributed by atoms with Crippen molar-refractivity contribution in [3.05, 3.63) is 47.2 Å². The van der Waals surface area contributed by atoms with Gasteiger partial charge in [0.15, 0.2) is 5.76 Å². The standard InChI is InChI=1S/C16H16ClNO2/c1-10(11-6-7-11)18-16(19)15-9-8-14(20-15)12-4-2-3-5-13(12)17/h2-5,8-11H,6-7H2,1H3,(H,18,19)/t10-/m1/s1. The van der Waals surface area contributed by atoms with Gasteiger partial charge in [-0.25, -0.2) is 0 Å². The Hall–Kier alpha value is -1.74. The van der Waals surface area contributed by atoms with Crippen molar-refractivity contribution >= 4 is 17.5 Å². The van der Waals surface area contributed by atoms with Crippen LogP contribution in [0.5, 0.6) is 0 Å². The average molecular weight is 290 g/mol. The molecule has 104 valence electrons. The van der Waals surface area contributed by atoms with E-state index in [1.165, 1.54) is 12.8 Å². The van der Waals surface area contributed by atoms with E-state index in [9.17, 15) is 4.79 Å². The van der Waals surface area contributed by atoms with E-state index in [1.54, 1.807) is 18.2 Å². The van der Waals surface area contributed by atoms with Gasteiger partial charge in [0.2, 0.25) is 0 Å². The molecule has 3 rings (SSSR count). The average Bonchev–Trinajstić information content (AvgIpc) is 3.17. The molecule has 0 bridgehead atoms. The predicted molar refractivity (Wildman–Crippen MR) is 78.8 cm³/mol. The Morgan fingerprint density at radius 1 is 1.30 bits per heavy atom. The predicted octanol–water partition coefficient (Wildman–Crippen LogP) is 4.13. The van der Waals surface area contributed by atoms with Crippen LogP contribution in [0.25, 0.3) is 11.3 Å². The van der Waals surface area contributed by atoms with Gasteiger partial charge in [-0.05, 0) is 49.9 Å². The third-order valence-electron chi connectivity index (χ3n) is 3.66. The molecule has 1 heterocycles. The third kappa shape index (κ3) is 2.73. The summed E-state index contributed by atoms with van der Waals surface area (Å²) < 4.78 is 5.62. The maximum absolute atomic E-state index is 12.1. The molecular formula is C16H16ClNO2. The number of furan rings is 1. The Kier molecular flexibility index (Phi) is 3.53. The van der Waals surface area contributed by atoms with E-state index in [2.05, 4.69) is 5.32 Å². The minimum Gasteiger partial charge on any atom is -0.451 e. The summed E-state index contributed by atoms with van der Waals surface area (Å²) in [6, 6.07) is 11.1. The number of amides is 1. The van der Waals surface area contributed by atoms with Gasteiger partial charge in [-0.1, -0.05) is 23.7 Å². The van der Waals surface area contributed by atoms with Gasteiger partial charge in [0.05, 0.1) is 5.02 Å². The second kappa shape index (κ2) is 5.33. The van der Waals surface area contributed by atoms with Crippen LogP contribution in [0, 0.1) is 5.92 Å². The Labute approximate surface area is 122 Å². The fourth-order valence-corrected chi connectivity index (χ4v) is 2.49. The van der Waals surface area contributed by atoms with Crippen molar-refractivity contribution in [3.8, 4) is 11.3 Å². The summed E-state index contributed by atoms with van der Waals surface area (Å²) >= 11 is 6.12. The smallest absolute Gasteiger partial charge is 0.287 e. The summed E-state index contributed by atoms with van der Waals surface area (Å²) in [5.41, 5.74) is 0.795. The first-order chi connectivity index (χ1) is 9.65. The van der Waals surface area contributed by atoms with Crippen molar-refractivity contribution in [2.45, 2.75) is 25.8 Å². The molecule has 1 saturated carbocycles. The summed E-state index contributed by atoms with van der Waals surface area (Å²) in [5, 5.41) is 3.58. The molecule has 4 heteroatoms. The molecule has 0 unspecified atom stereocenters. The summed E-state index contributed by atoms with van der Waals surface area (Å²) in [5.74, 6) is 1.40. The van der Waals surface area contributed by atoms with Crippen LogP contribution in [0.15, 0.2) is 40.8 Å². The lowest BCUT2D eigenvalue weighted by molar-refractivity contribution is 0.0908. The zero-order valence-corrected chi connectivity index (χ0v) is 12.0. The van der Waals surface area contributed by atoms with Gasteiger partial charge in [0, 0.05) is 11.6 Å². The molecule has 1 fully saturated rings. The summed E-state index contributed by atoms with van der Waals surface area (Å²) in [6.45, 7) is 2.04. The number of hydrogen-bond acceptors (Lipinski definition) is 2. The van der Waals surface area contributed by atoms with Crippen LogP contribution >= 0.6 is 11.6 Å². The van der Waals surface area contributed by atoms with Crippen molar-refractivity contribution in [2.24, 2.45) is 5.92 Å². The van der Waals surface area contributed by atoms with Crippen LogP contribution in [0.3, 0.4) is 0 Å². The molecule has 20 heavy (non-hydrogen) atoms. The largest absolute Gasteiger partial charge is 0.451 e. The number of carbonyl (C=O) groups is 1. The molecule has 1 aromatic heterocycles. The van der Waals surface area contributed by atoms with E-state index in [-0.39, 0.29) is 11.9 Å². The highest BCUT2D eigenvalue weighted by atomic mass is 35.5. The zero-order valence-electron chi connectivity index (χ0n) is 11.2. The topological polar surface area (TPSA) is 42.2 Å². The lowest BCUT2D eigenvalue weighted by Gasteiger charge is -2.10. The fourth-order valence-electron chi connectivity index (χ4n) is 2.26. The highest BCUT2D eigenvalue weighted by Gasteiger charge is 2.29. The summed E-state index contributed by atoms with van der Waals surface area (Å²) in [4.78, 5) is 12.1. The van der Waals surface area contributed by atoms with Crippen LogP contribution < -0.4 is 5.32 Å². The van der Waals surface area contributed by atoms with E-state index in [0.717, 1.165) is 5.56 Å². The number of carbonyl (C=O) groups excluding carboxylic acids is 1. The molecule has 1 aliphatic carbocycles. The first-order valence-electron chi connectivity index (χ1n) is 6.81. The number of nitrogens with one attached hydrogen (secondary N) is 1. The van der Waals surface area contributed by atoms with Gasteiger partial charge in [-0.2, -0.15) is 0 Å². The number of hydrogen-bond donors (Lipinski definition) is 1. The highest BCUT2D eigenvalue weighted by molar-refractivity contribution is 6.33. The normalized spacial score (nSPS) is 15.9. The second-order valence-corrected chi connectivity index (χ2v) is 5.65. The van der Waals surface area contributed by atoms with Crippen LogP contribution in [0.4, 0.5) is 0 Å². The molecule has 0 aliphatic heterocycles.